The predicted octanol–water partition coefficient (Wildman–Crippen LogP) is 3.85. The molecule has 0 spiro atoms. The average Bonchev–Trinajstić information content (AvgIpc) is 2.39. The summed E-state index contributed by atoms with van der Waals surface area (Å²) in [6.07, 6.45) is 2.40. The Morgan fingerprint density at radius 1 is 1.21 bits per heavy atom. The second-order valence-corrected chi connectivity index (χ2v) is 5.98. The van der Waals surface area contributed by atoms with Crippen LogP contribution in [0.4, 0.5) is 5.69 Å². The van der Waals surface area contributed by atoms with Crippen LogP contribution in [-0.2, 0) is 0 Å². The summed E-state index contributed by atoms with van der Waals surface area (Å²) in [6.45, 7) is 12.4. The van der Waals surface area contributed by atoms with E-state index in [-0.39, 0.29) is 0 Å². The van der Waals surface area contributed by atoms with Crippen LogP contribution >= 0.6 is 0 Å². The molecule has 0 aromatic heterocycles. The zero-order valence-electron chi connectivity index (χ0n) is 13.3. The van der Waals surface area contributed by atoms with Crippen molar-refractivity contribution in [2.75, 3.05) is 31.6 Å². The third kappa shape index (κ3) is 4.87. The highest BCUT2D eigenvalue weighted by Crippen LogP contribution is 2.26. The molecule has 0 heterocycles. The Kier molecular flexibility index (Phi) is 6.36. The molecule has 0 saturated carbocycles. The summed E-state index contributed by atoms with van der Waals surface area (Å²) in [4.78, 5) is 2.40. The molecule has 0 amide bonds. The van der Waals surface area contributed by atoms with Gasteiger partial charge in [-0.15, -0.1) is 0 Å². The van der Waals surface area contributed by atoms with Crippen molar-refractivity contribution >= 4 is 5.69 Å². The molecule has 1 rings (SSSR count). The van der Waals surface area contributed by atoms with Crippen molar-refractivity contribution in [3.8, 4) is 0 Å². The molecule has 2 nitrogen and oxygen atoms in total. The fraction of sp³-hybridized carbons (Fsp3) is 0.647. The highest BCUT2D eigenvalue weighted by Gasteiger charge is 2.24. The number of para-hydroxylation sites is 1. The molecule has 0 aliphatic heterocycles. The van der Waals surface area contributed by atoms with Gasteiger partial charge in [-0.25, -0.2) is 0 Å². The van der Waals surface area contributed by atoms with Crippen molar-refractivity contribution in [3.63, 3.8) is 0 Å². The maximum atomic E-state index is 3.57. The molecule has 1 aromatic carbocycles. The molecule has 0 bridgehead atoms. The number of benzene rings is 1. The molecule has 108 valence electrons. The second-order valence-electron chi connectivity index (χ2n) is 5.98. The molecule has 1 aromatic rings. The standard InChI is InChI=1S/C17H30N2/c1-6-12-18-13-17(4,7-2)14-19(5)16-11-9-8-10-15(16)3/h8-11,18H,6-7,12-14H2,1-5H3. The molecular formula is C17H30N2. The Balaban J connectivity index is 2.67. The number of hydrogen-bond acceptors (Lipinski definition) is 2. The van der Waals surface area contributed by atoms with E-state index in [1.54, 1.807) is 0 Å². The van der Waals surface area contributed by atoms with Gasteiger partial charge in [-0.1, -0.05) is 39.0 Å². The fourth-order valence-electron chi connectivity index (χ4n) is 2.51. The smallest absolute Gasteiger partial charge is 0.0393 e. The Morgan fingerprint density at radius 3 is 2.47 bits per heavy atom. The molecule has 1 unspecified atom stereocenters. The van der Waals surface area contributed by atoms with Gasteiger partial charge in [0.25, 0.3) is 0 Å². The van der Waals surface area contributed by atoms with Crippen LogP contribution in [0.25, 0.3) is 0 Å². The topological polar surface area (TPSA) is 15.3 Å². The van der Waals surface area contributed by atoms with Gasteiger partial charge in [-0.3, -0.25) is 0 Å². The maximum Gasteiger partial charge on any atom is 0.0393 e. The van der Waals surface area contributed by atoms with E-state index in [1.165, 1.54) is 24.1 Å². The normalized spacial score (nSPS) is 14.2. The van der Waals surface area contributed by atoms with Gasteiger partial charge < -0.3 is 10.2 Å². The fourth-order valence-corrected chi connectivity index (χ4v) is 2.51. The van der Waals surface area contributed by atoms with E-state index in [0.29, 0.717) is 5.41 Å². The van der Waals surface area contributed by atoms with Crippen molar-refractivity contribution < 1.29 is 0 Å². The second kappa shape index (κ2) is 7.54. The van der Waals surface area contributed by atoms with Crippen molar-refractivity contribution in [3.05, 3.63) is 29.8 Å². The Hall–Kier alpha value is -1.02. The van der Waals surface area contributed by atoms with E-state index in [9.17, 15) is 0 Å². The zero-order valence-corrected chi connectivity index (χ0v) is 13.3. The predicted molar refractivity (Wildman–Crippen MR) is 86.0 cm³/mol. The summed E-state index contributed by atoms with van der Waals surface area (Å²) in [6, 6.07) is 8.63. The van der Waals surface area contributed by atoms with Crippen molar-refractivity contribution in [1.29, 1.82) is 0 Å². The van der Waals surface area contributed by atoms with E-state index in [2.05, 4.69) is 69.2 Å². The van der Waals surface area contributed by atoms with Crippen LogP contribution < -0.4 is 10.2 Å². The van der Waals surface area contributed by atoms with Gasteiger partial charge in [0.15, 0.2) is 0 Å². The third-order valence-electron chi connectivity index (χ3n) is 3.98. The van der Waals surface area contributed by atoms with Crippen LogP contribution in [0.5, 0.6) is 0 Å². The Labute approximate surface area is 119 Å². The first kappa shape index (κ1) is 16.0. The Bertz CT molecular complexity index is 375. The lowest BCUT2D eigenvalue weighted by atomic mass is 9.86. The quantitative estimate of drug-likeness (QED) is 0.716. The summed E-state index contributed by atoms with van der Waals surface area (Å²) in [5.74, 6) is 0. The lowest BCUT2D eigenvalue weighted by Gasteiger charge is -2.35. The first-order valence-corrected chi connectivity index (χ1v) is 7.50. The minimum absolute atomic E-state index is 0.326. The molecular weight excluding hydrogens is 232 g/mol. The lowest BCUT2D eigenvalue weighted by Crippen LogP contribution is -2.41. The van der Waals surface area contributed by atoms with Gasteiger partial charge in [0.05, 0.1) is 0 Å². The third-order valence-corrected chi connectivity index (χ3v) is 3.98. The monoisotopic (exact) mass is 262 g/mol. The van der Waals surface area contributed by atoms with Crippen LogP contribution in [0.3, 0.4) is 0 Å². The largest absolute Gasteiger partial charge is 0.374 e. The van der Waals surface area contributed by atoms with Gasteiger partial charge >= 0.3 is 0 Å². The van der Waals surface area contributed by atoms with Gasteiger partial charge in [0.2, 0.25) is 0 Å². The van der Waals surface area contributed by atoms with E-state index in [1.807, 2.05) is 0 Å². The molecule has 1 N–H and O–H groups in total. The summed E-state index contributed by atoms with van der Waals surface area (Å²) < 4.78 is 0. The number of nitrogens with one attached hydrogen (secondary N) is 1. The van der Waals surface area contributed by atoms with Gasteiger partial charge in [0, 0.05) is 25.8 Å². The summed E-state index contributed by atoms with van der Waals surface area (Å²) >= 11 is 0. The van der Waals surface area contributed by atoms with E-state index in [0.717, 1.165) is 19.6 Å². The van der Waals surface area contributed by atoms with Crippen LogP contribution in [0, 0.1) is 12.3 Å². The molecule has 0 radical (unpaired) electrons. The Morgan fingerprint density at radius 2 is 1.89 bits per heavy atom. The molecule has 0 saturated heterocycles. The van der Waals surface area contributed by atoms with Crippen LogP contribution in [-0.4, -0.2) is 26.7 Å². The number of rotatable bonds is 8. The van der Waals surface area contributed by atoms with Crippen molar-refractivity contribution in [2.45, 2.75) is 40.5 Å². The molecule has 1 atom stereocenters. The average molecular weight is 262 g/mol. The molecule has 0 fully saturated rings. The van der Waals surface area contributed by atoms with Crippen LogP contribution in [0.1, 0.15) is 39.2 Å². The van der Waals surface area contributed by atoms with E-state index in [4.69, 9.17) is 0 Å². The van der Waals surface area contributed by atoms with Crippen molar-refractivity contribution in [2.24, 2.45) is 5.41 Å². The molecule has 0 aliphatic rings. The zero-order chi connectivity index (χ0) is 14.3. The van der Waals surface area contributed by atoms with Crippen LogP contribution in [0.2, 0.25) is 0 Å². The lowest BCUT2D eigenvalue weighted by molar-refractivity contribution is 0.299. The van der Waals surface area contributed by atoms with Crippen LogP contribution in [0.15, 0.2) is 24.3 Å². The number of hydrogen-bond donors (Lipinski definition) is 1. The maximum absolute atomic E-state index is 3.57. The van der Waals surface area contributed by atoms with E-state index >= 15 is 0 Å². The molecule has 0 aliphatic carbocycles. The van der Waals surface area contributed by atoms with Gasteiger partial charge in [-0.05, 0) is 43.4 Å². The number of aryl methyl sites for hydroxylation is 1. The summed E-state index contributed by atoms with van der Waals surface area (Å²) in [5.41, 5.74) is 3.02. The first-order valence-electron chi connectivity index (χ1n) is 7.50. The number of anilines is 1. The molecule has 2 heteroatoms. The molecule has 19 heavy (non-hydrogen) atoms. The van der Waals surface area contributed by atoms with Gasteiger partial charge in [0.1, 0.15) is 0 Å². The minimum atomic E-state index is 0.326. The minimum Gasteiger partial charge on any atom is -0.374 e. The highest BCUT2D eigenvalue weighted by molar-refractivity contribution is 5.52. The van der Waals surface area contributed by atoms with Crippen molar-refractivity contribution in [1.82, 2.24) is 5.32 Å². The SMILES string of the molecule is CCCNCC(C)(CC)CN(C)c1ccccc1C. The number of nitrogens with zero attached hydrogens (tertiary/aromatic N) is 1. The first-order chi connectivity index (χ1) is 9.02. The van der Waals surface area contributed by atoms with Gasteiger partial charge in [-0.2, -0.15) is 0 Å². The summed E-state index contributed by atoms with van der Waals surface area (Å²) in [5, 5.41) is 3.57. The van der Waals surface area contributed by atoms with E-state index < -0.39 is 0 Å². The summed E-state index contributed by atoms with van der Waals surface area (Å²) in [7, 11) is 2.20. The highest BCUT2D eigenvalue weighted by atomic mass is 15.1.